The number of nitriles is 1. The molecule has 3 rings (SSSR count). The lowest BCUT2D eigenvalue weighted by Crippen LogP contribution is -2.19. The van der Waals surface area contributed by atoms with Crippen molar-refractivity contribution in [3.8, 4) is 17.6 Å². The van der Waals surface area contributed by atoms with E-state index in [1.807, 2.05) is 43.3 Å². The van der Waals surface area contributed by atoms with Gasteiger partial charge in [0.15, 0.2) is 0 Å². The van der Waals surface area contributed by atoms with Gasteiger partial charge < -0.3 is 9.47 Å². The topological polar surface area (TPSA) is 83.7 Å². The first kappa shape index (κ1) is 22.9. The van der Waals surface area contributed by atoms with Gasteiger partial charge in [0.05, 0.1) is 30.9 Å². The van der Waals surface area contributed by atoms with Gasteiger partial charge in [0.2, 0.25) is 5.91 Å². The molecule has 0 aliphatic carbocycles. The van der Waals surface area contributed by atoms with Crippen LogP contribution in [0.3, 0.4) is 0 Å². The van der Waals surface area contributed by atoms with Crippen LogP contribution in [-0.2, 0) is 17.8 Å². The Bertz CT molecular complexity index is 1120. The van der Waals surface area contributed by atoms with Gasteiger partial charge in [-0.2, -0.15) is 10.4 Å². The second-order valence-corrected chi connectivity index (χ2v) is 7.26. The Kier molecular flexibility index (Phi) is 8.24. The molecule has 0 heterocycles. The first-order valence-corrected chi connectivity index (χ1v) is 10.4. The first-order chi connectivity index (χ1) is 15.6. The quantitative estimate of drug-likeness (QED) is 0.374. The fourth-order valence-electron chi connectivity index (χ4n) is 2.86. The maximum atomic E-state index is 12.2. The Morgan fingerprint density at radius 3 is 2.47 bits per heavy atom. The van der Waals surface area contributed by atoms with E-state index in [2.05, 4.69) is 16.6 Å². The van der Waals surface area contributed by atoms with Crippen LogP contribution >= 0.6 is 11.6 Å². The van der Waals surface area contributed by atoms with Crippen molar-refractivity contribution in [2.24, 2.45) is 5.10 Å². The molecular formula is C25H22ClN3O3. The summed E-state index contributed by atoms with van der Waals surface area (Å²) >= 11 is 6.11. The number of nitrogens with zero attached hydrogens (tertiary/aromatic N) is 2. The summed E-state index contributed by atoms with van der Waals surface area (Å²) in [6.07, 6.45) is 1.69. The van der Waals surface area contributed by atoms with E-state index in [1.54, 1.807) is 30.3 Å². The molecule has 0 saturated heterocycles. The minimum Gasteiger partial charge on any atom is -0.494 e. The Morgan fingerprint density at radius 2 is 1.78 bits per heavy atom. The third kappa shape index (κ3) is 6.86. The largest absolute Gasteiger partial charge is 0.494 e. The van der Waals surface area contributed by atoms with Crippen LogP contribution < -0.4 is 14.9 Å². The average Bonchev–Trinajstić information content (AvgIpc) is 2.80. The molecule has 0 saturated carbocycles. The second kappa shape index (κ2) is 11.5. The summed E-state index contributed by atoms with van der Waals surface area (Å²) in [6, 6.07) is 21.8. The highest BCUT2D eigenvalue weighted by Gasteiger charge is 2.06. The molecule has 3 aromatic carbocycles. The van der Waals surface area contributed by atoms with E-state index in [4.69, 9.17) is 26.3 Å². The molecule has 0 aliphatic rings. The van der Waals surface area contributed by atoms with E-state index >= 15 is 0 Å². The normalized spacial score (nSPS) is 10.5. The molecule has 0 bridgehead atoms. The molecule has 0 radical (unpaired) electrons. The monoisotopic (exact) mass is 447 g/mol. The summed E-state index contributed by atoms with van der Waals surface area (Å²) in [4.78, 5) is 12.2. The Hall–Kier alpha value is -3.82. The molecule has 7 heteroatoms. The van der Waals surface area contributed by atoms with Gasteiger partial charge >= 0.3 is 0 Å². The standard InChI is InChI=1S/C25H22ClN3O3/c1-2-31-23-10-7-18(8-11-23)13-25(30)29-28-16-21-14-22(26)9-12-24(21)32-17-20-5-3-19(15-27)4-6-20/h3-12,14,16H,2,13,17H2,1H3,(H,29,30)/b28-16-. The fraction of sp³-hybridized carbons (Fsp3) is 0.160. The van der Waals surface area contributed by atoms with Crippen LogP contribution in [0.1, 0.15) is 29.2 Å². The van der Waals surface area contributed by atoms with Crippen molar-refractivity contribution in [1.29, 1.82) is 5.26 Å². The molecular weight excluding hydrogens is 426 g/mol. The highest BCUT2D eigenvalue weighted by molar-refractivity contribution is 6.30. The van der Waals surface area contributed by atoms with Gasteiger partial charge in [-0.25, -0.2) is 5.43 Å². The Balaban J connectivity index is 1.58. The van der Waals surface area contributed by atoms with Crippen molar-refractivity contribution in [3.05, 3.63) is 94.0 Å². The lowest BCUT2D eigenvalue weighted by Gasteiger charge is -2.10. The van der Waals surface area contributed by atoms with E-state index in [9.17, 15) is 4.79 Å². The number of benzene rings is 3. The predicted molar refractivity (Wildman–Crippen MR) is 124 cm³/mol. The molecule has 0 aliphatic heterocycles. The van der Waals surface area contributed by atoms with Crippen LogP contribution in [0.2, 0.25) is 5.02 Å². The number of nitrogens with one attached hydrogen (secondary N) is 1. The number of rotatable bonds is 9. The lowest BCUT2D eigenvalue weighted by molar-refractivity contribution is -0.120. The van der Waals surface area contributed by atoms with Gasteiger partial charge in [0, 0.05) is 10.6 Å². The fourth-order valence-corrected chi connectivity index (χ4v) is 3.04. The molecule has 32 heavy (non-hydrogen) atoms. The zero-order valence-electron chi connectivity index (χ0n) is 17.5. The Morgan fingerprint density at radius 1 is 1.06 bits per heavy atom. The predicted octanol–water partition coefficient (Wildman–Crippen LogP) is 4.88. The minimum atomic E-state index is -0.243. The van der Waals surface area contributed by atoms with Crippen molar-refractivity contribution in [1.82, 2.24) is 5.43 Å². The molecule has 0 spiro atoms. The number of amides is 1. The summed E-state index contributed by atoms with van der Waals surface area (Å²) in [5.41, 5.74) is 5.52. The van der Waals surface area contributed by atoms with E-state index in [1.165, 1.54) is 6.21 Å². The number of carbonyl (C=O) groups excluding carboxylic acids is 1. The molecule has 0 atom stereocenters. The lowest BCUT2D eigenvalue weighted by atomic mass is 10.1. The van der Waals surface area contributed by atoms with Crippen molar-refractivity contribution >= 4 is 23.7 Å². The third-order valence-electron chi connectivity index (χ3n) is 4.44. The number of halogens is 1. The molecule has 162 valence electrons. The second-order valence-electron chi connectivity index (χ2n) is 6.83. The average molecular weight is 448 g/mol. The maximum absolute atomic E-state index is 12.2. The van der Waals surface area contributed by atoms with Gasteiger partial charge in [-0.15, -0.1) is 0 Å². The van der Waals surface area contributed by atoms with Crippen LogP contribution in [-0.4, -0.2) is 18.7 Å². The van der Waals surface area contributed by atoms with Crippen LogP contribution in [0.25, 0.3) is 0 Å². The van der Waals surface area contributed by atoms with Gasteiger partial charge in [-0.05, 0) is 60.5 Å². The summed E-state index contributed by atoms with van der Waals surface area (Å²) < 4.78 is 11.3. The summed E-state index contributed by atoms with van der Waals surface area (Å²) in [7, 11) is 0. The van der Waals surface area contributed by atoms with Crippen molar-refractivity contribution in [2.45, 2.75) is 20.0 Å². The molecule has 0 fully saturated rings. The first-order valence-electron chi connectivity index (χ1n) is 10.0. The van der Waals surface area contributed by atoms with Gasteiger partial charge in [0.1, 0.15) is 18.1 Å². The molecule has 3 aromatic rings. The highest BCUT2D eigenvalue weighted by Crippen LogP contribution is 2.22. The summed E-state index contributed by atoms with van der Waals surface area (Å²) in [5, 5.41) is 13.5. The van der Waals surface area contributed by atoms with Gasteiger partial charge in [-0.1, -0.05) is 35.9 Å². The molecule has 0 unspecified atom stereocenters. The van der Waals surface area contributed by atoms with Crippen LogP contribution in [0, 0.1) is 11.3 Å². The smallest absolute Gasteiger partial charge is 0.244 e. The van der Waals surface area contributed by atoms with Gasteiger partial charge in [0.25, 0.3) is 0 Å². The van der Waals surface area contributed by atoms with Crippen molar-refractivity contribution in [3.63, 3.8) is 0 Å². The minimum absolute atomic E-state index is 0.196. The molecule has 1 amide bonds. The number of hydrazone groups is 1. The van der Waals surface area contributed by atoms with E-state index in [-0.39, 0.29) is 12.3 Å². The SMILES string of the molecule is CCOc1ccc(CC(=O)N/N=C\c2cc(Cl)ccc2OCc2ccc(C#N)cc2)cc1. The van der Waals surface area contributed by atoms with E-state index in [0.29, 0.717) is 35.1 Å². The molecule has 6 nitrogen and oxygen atoms in total. The molecule has 1 N–H and O–H groups in total. The van der Waals surface area contributed by atoms with E-state index in [0.717, 1.165) is 16.9 Å². The van der Waals surface area contributed by atoms with Crippen molar-refractivity contribution in [2.75, 3.05) is 6.61 Å². The summed E-state index contributed by atoms with van der Waals surface area (Å²) in [6.45, 7) is 2.83. The summed E-state index contributed by atoms with van der Waals surface area (Å²) in [5.74, 6) is 1.10. The number of carbonyl (C=O) groups is 1. The Labute approximate surface area is 192 Å². The maximum Gasteiger partial charge on any atom is 0.244 e. The third-order valence-corrected chi connectivity index (χ3v) is 4.68. The van der Waals surface area contributed by atoms with Gasteiger partial charge in [-0.3, -0.25) is 4.79 Å². The van der Waals surface area contributed by atoms with E-state index < -0.39 is 0 Å². The number of ether oxygens (including phenoxy) is 2. The highest BCUT2D eigenvalue weighted by atomic mass is 35.5. The zero-order valence-corrected chi connectivity index (χ0v) is 18.3. The van der Waals surface area contributed by atoms with Crippen LogP contribution in [0.4, 0.5) is 0 Å². The molecule has 0 aromatic heterocycles. The van der Waals surface area contributed by atoms with Crippen molar-refractivity contribution < 1.29 is 14.3 Å². The van der Waals surface area contributed by atoms with Crippen LogP contribution in [0.5, 0.6) is 11.5 Å². The number of hydrogen-bond donors (Lipinski definition) is 1. The zero-order chi connectivity index (χ0) is 22.8. The number of hydrogen-bond acceptors (Lipinski definition) is 5. The van der Waals surface area contributed by atoms with Crippen LogP contribution in [0.15, 0.2) is 71.8 Å².